The average Bonchev–Trinajstić information content (AvgIpc) is 3.17. The monoisotopic (exact) mass is 273 g/mol. The van der Waals surface area contributed by atoms with E-state index in [1.165, 1.54) is 69.7 Å². The summed E-state index contributed by atoms with van der Waals surface area (Å²) in [5, 5.41) is 3.62. The van der Waals surface area contributed by atoms with Gasteiger partial charge in [-0.25, -0.2) is 0 Å². The highest BCUT2D eigenvalue weighted by Crippen LogP contribution is 2.24. The van der Waals surface area contributed by atoms with Crippen LogP contribution in [0.2, 0.25) is 0 Å². The first-order chi connectivity index (χ1) is 9.93. The molecule has 110 valence electrons. The van der Waals surface area contributed by atoms with Crippen LogP contribution in [0.1, 0.15) is 31.2 Å². The summed E-state index contributed by atoms with van der Waals surface area (Å²) in [4.78, 5) is 5.11. The molecule has 0 spiro atoms. The molecule has 2 saturated heterocycles. The minimum absolute atomic E-state index is 1.00. The number of para-hydroxylation sites is 1. The van der Waals surface area contributed by atoms with Crippen LogP contribution in [-0.2, 0) is 6.54 Å². The van der Waals surface area contributed by atoms with Gasteiger partial charge in [-0.1, -0.05) is 18.2 Å². The predicted octanol–water partition coefficient (Wildman–Crippen LogP) is 2.47. The van der Waals surface area contributed by atoms with Gasteiger partial charge in [0.05, 0.1) is 0 Å². The number of likely N-dealkylation sites (tertiary alicyclic amines) is 1. The molecule has 3 rings (SSSR count). The largest absolute Gasteiger partial charge is 0.371 e. The maximum Gasteiger partial charge on any atom is 0.0411 e. The predicted molar refractivity (Wildman–Crippen MR) is 85.3 cm³/mol. The van der Waals surface area contributed by atoms with Gasteiger partial charge < -0.3 is 15.1 Å². The first-order valence-electron chi connectivity index (χ1n) is 8.19. The van der Waals surface area contributed by atoms with Crippen molar-refractivity contribution in [3.05, 3.63) is 29.8 Å². The van der Waals surface area contributed by atoms with E-state index in [0.717, 1.165) is 13.1 Å². The summed E-state index contributed by atoms with van der Waals surface area (Å²) >= 11 is 0. The summed E-state index contributed by atoms with van der Waals surface area (Å²) in [6, 6.07) is 8.89. The van der Waals surface area contributed by atoms with Crippen molar-refractivity contribution in [2.24, 2.45) is 0 Å². The quantitative estimate of drug-likeness (QED) is 0.803. The molecule has 0 radical (unpaired) electrons. The van der Waals surface area contributed by atoms with E-state index in [1.54, 1.807) is 0 Å². The van der Waals surface area contributed by atoms with Crippen LogP contribution in [0.15, 0.2) is 24.3 Å². The summed E-state index contributed by atoms with van der Waals surface area (Å²) in [6.07, 6.45) is 5.46. The molecule has 1 aromatic rings. The zero-order valence-corrected chi connectivity index (χ0v) is 12.5. The van der Waals surface area contributed by atoms with E-state index in [2.05, 4.69) is 39.4 Å². The lowest BCUT2D eigenvalue weighted by atomic mass is 10.1. The molecule has 2 aliphatic heterocycles. The fourth-order valence-electron chi connectivity index (χ4n) is 3.39. The Bertz CT molecular complexity index is 406. The number of rotatable bonds is 6. The molecule has 0 amide bonds. The molecule has 2 fully saturated rings. The Kier molecular flexibility index (Phi) is 4.93. The number of nitrogens with one attached hydrogen (secondary N) is 1. The molecule has 0 aromatic heterocycles. The Morgan fingerprint density at radius 2 is 1.60 bits per heavy atom. The highest BCUT2D eigenvalue weighted by atomic mass is 15.2. The van der Waals surface area contributed by atoms with Crippen LogP contribution in [0.4, 0.5) is 5.69 Å². The van der Waals surface area contributed by atoms with Crippen LogP contribution in [0, 0.1) is 0 Å². The fraction of sp³-hybridized carbons (Fsp3) is 0.647. The first kappa shape index (κ1) is 13.9. The molecule has 0 atom stereocenters. The van der Waals surface area contributed by atoms with Crippen molar-refractivity contribution in [3.8, 4) is 0 Å². The molecule has 0 bridgehead atoms. The fourth-order valence-corrected chi connectivity index (χ4v) is 3.39. The van der Waals surface area contributed by atoms with E-state index in [9.17, 15) is 0 Å². The van der Waals surface area contributed by atoms with Crippen molar-refractivity contribution in [3.63, 3.8) is 0 Å². The Labute approximate surface area is 123 Å². The van der Waals surface area contributed by atoms with E-state index in [0.29, 0.717) is 0 Å². The lowest BCUT2D eigenvalue weighted by molar-refractivity contribution is 0.335. The van der Waals surface area contributed by atoms with Crippen molar-refractivity contribution in [2.75, 3.05) is 44.2 Å². The van der Waals surface area contributed by atoms with Gasteiger partial charge >= 0.3 is 0 Å². The van der Waals surface area contributed by atoms with Crippen molar-refractivity contribution in [2.45, 2.75) is 32.2 Å². The second-order valence-electron chi connectivity index (χ2n) is 6.05. The minimum Gasteiger partial charge on any atom is -0.371 e. The van der Waals surface area contributed by atoms with E-state index in [-0.39, 0.29) is 0 Å². The zero-order chi connectivity index (χ0) is 13.6. The van der Waals surface area contributed by atoms with Crippen molar-refractivity contribution < 1.29 is 0 Å². The SMILES string of the molecule is c1ccc(N2CCCC2)c(CNCCN2CCCC2)c1. The zero-order valence-electron chi connectivity index (χ0n) is 12.5. The molecule has 0 saturated carbocycles. The smallest absolute Gasteiger partial charge is 0.0411 e. The summed E-state index contributed by atoms with van der Waals surface area (Å²) in [5.74, 6) is 0. The highest BCUT2D eigenvalue weighted by Gasteiger charge is 2.15. The van der Waals surface area contributed by atoms with Gasteiger partial charge in [0.15, 0.2) is 0 Å². The topological polar surface area (TPSA) is 18.5 Å². The molecule has 1 aromatic carbocycles. The van der Waals surface area contributed by atoms with Crippen molar-refractivity contribution in [1.82, 2.24) is 10.2 Å². The molecule has 0 unspecified atom stereocenters. The van der Waals surface area contributed by atoms with Crippen LogP contribution < -0.4 is 10.2 Å². The molecule has 1 N–H and O–H groups in total. The molecule has 2 heterocycles. The average molecular weight is 273 g/mol. The molecular formula is C17H27N3. The van der Waals surface area contributed by atoms with Crippen LogP contribution >= 0.6 is 0 Å². The minimum atomic E-state index is 1.00. The number of hydrogen-bond donors (Lipinski definition) is 1. The van der Waals surface area contributed by atoms with E-state index < -0.39 is 0 Å². The third-order valence-corrected chi connectivity index (χ3v) is 4.56. The van der Waals surface area contributed by atoms with Crippen LogP contribution in [-0.4, -0.2) is 44.2 Å². The maximum atomic E-state index is 3.62. The number of nitrogens with zero attached hydrogens (tertiary/aromatic N) is 2. The van der Waals surface area contributed by atoms with Crippen LogP contribution in [0.25, 0.3) is 0 Å². The summed E-state index contributed by atoms with van der Waals surface area (Å²) in [5.41, 5.74) is 2.90. The third kappa shape index (κ3) is 3.53. The normalized spacial score (nSPS) is 19.9. The van der Waals surface area contributed by atoms with Crippen LogP contribution in [0.3, 0.4) is 0 Å². The van der Waals surface area contributed by atoms with E-state index in [1.807, 2.05) is 0 Å². The van der Waals surface area contributed by atoms with E-state index >= 15 is 0 Å². The molecule has 0 aliphatic carbocycles. The number of hydrogen-bond acceptors (Lipinski definition) is 3. The molecule has 3 heteroatoms. The lowest BCUT2D eigenvalue weighted by Crippen LogP contribution is -2.30. The van der Waals surface area contributed by atoms with Gasteiger partial charge in [0, 0.05) is 38.4 Å². The number of anilines is 1. The van der Waals surface area contributed by atoms with E-state index in [4.69, 9.17) is 0 Å². The number of benzene rings is 1. The Hall–Kier alpha value is -1.06. The van der Waals surface area contributed by atoms with Gasteiger partial charge in [0.2, 0.25) is 0 Å². The summed E-state index contributed by atoms with van der Waals surface area (Å²) in [6.45, 7) is 8.36. The molecular weight excluding hydrogens is 246 g/mol. The second-order valence-corrected chi connectivity index (χ2v) is 6.05. The van der Waals surface area contributed by atoms with Gasteiger partial charge in [0.25, 0.3) is 0 Å². The van der Waals surface area contributed by atoms with Gasteiger partial charge in [-0.05, 0) is 50.4 Å². The van der Waals surface area contributed by atoms with Crippen LogP contribution in [0.5, 0.6) is 0 Å². The molecule has 2 aliphatic rings. The lowest BCUT2D eigenvalue weighted by Gasteiger charge is -2.22. The van der Waals surface area contributed by atoms with Crippen molar-refractivity contribution >= 4 is 5.69 Å². The third-order valence-electron chi connectivity index (χ3n) is 4.56. The Morgan fingerprint density at radius 3 is 2.40 bits per heavy atom. The van der Waals surface area contributed by atoms with Gasteiger partial charge in [-0.2, -0.15) is 0 Å². The molecule has 20 heavy (non-hydrogen) atoms. The second kappa shape index (κ2) is 7.09. The standard InChI is InChI=1S/C17H27N3/c1-2-8-17(20-12-5-6-13-20)16(7-1)15-18-9-14-19-10-3-4-11-19/h1-2,7-8,18H,3-6,9-15H2. The Morgan fingerprint density at radius 1 is 0.900 bits per heavy atom. The van der Waals surface area contributed by atoms with Gasteiger partial charge in [-0.3, -0.25) is 0 Å². The maximum absolute atomic E-state index is 3.62. The highest BCUT2D eigenvalue weighted by molar-refractivity contribution is 5.54. The summed E-state index contributed by atoms with van der Waals surface area (Å²) < 4.78 is 0. The summed E-state index contributed by atoms with van der Waals surface area (Å²) in [7, 11) is 0. The van der Waals surface area contributed by atoms with Gasteiger partial charge in [-0.15, -0.1) is 0 Å². The van der Waals surface area contributed by atoms with Crippen molar-refractivity contribution in [1.29, 1.82) is 0 Å². The molecule has 3 nitrogen and oxygen atoms in total. The van der Waals surface area contributed by atoms with Gasteiger partial charge in [0.1, 0.15) is 0 Å². The first-order valence-corrected chi connectivity index (χ1v) is 8.19. The Balaban J connectivity index is 1.49.